The van der Waals surface area contributed by atoms with Crippen LogP contribution in [0.15, 0.2) is 71.9 Å². The Kier molecular flexibility index (Phi) is 7.81. The third-order valence-electron chi connectivity index (χ3n) is 5.92. The lowest BCUT2D eigenvalue weighted by atomic mass is 10.1. The Morgan fingerprint density at radius 2 is 1.68 bits per heavy atom. The van der Waals surface area contributed by atoms with Gasteiger partial charge in [-0.1, -0.05) is 24.0 Å². The number of phosphoric ester groups is 1. The number of pyridine rings is 3. The number of nitrogens with zero attached hydrogens (tertiary/aromatic N) is 5. The van der Waals surface area contributed by atoms with Gasteiger partial charge < -0.3 is 25.4 Å². The SMILES string of the molecule is Nc1nc(=O)n([C@H]2C[C@H](O)[C@@H](COP(=O)(O)O)O2)cc1C#Cc1cc(-c2ccccn2)nc(-c2ccccn2)c1. The fourth-order valence-electron chi connectivity index (χ4n) is 4.02. The largest absolute Gasteiger partial charge is 0.469 e. The van der Waals surface area contributed by atoms with E-state index in [9.17, 15) is 14.5 Å². The highest BCUT2D eigenvalue weighted by Crippen LogP contribution is 2.38. The molecule has 14 heteroatoms. The number of nitrogens with two attached hydrogens (primary N) is 1. The molecule has 0 aliphatic carbocycles. The van der Waals surface area contributed by atoms with Crippen LogP contribution in [0.1, 0.15) is 23.8 Å². The minimum absolute atomic E-state index is 0.0429. The predicted molar refractivity (Wildman–Crippen MR) is 142 cm³/mol. The molecule has 0 aromatic carbocycles. The smallest absolute Gasteiger partial charge is 0.390 e. The van der Waals surface area contributed by atoms with E-state index in [2.05, 4.69) is 31.3 Å². The summed E-state index contributed by atoms with van der Waals surface area (Å²) in [6.07, 6.45) is 1.47. The molecule has 40 heavy (non-hydrogen) atoms. The van der Waals surface area contributed by atoms with Crippen molar-refractivity contribution in [3.05, 3.63) is 88.7 Å². The van der Waals surface area contributed by atoms with Crippen molar-refractivity contribution in [2.45, 2.75) is 24.9 Å². The number of aliphatic hydroxyl groups is 1. The first-order chi connectivity index (χ1) is 19.2. The maximum absolute atomic E-state index is 12.6. The Morgan fingerprint density at radius 1 is 1.02 bits per heavy atom. The standard InChI is InChI=1S/C26H23N6O7P/c27-25-17(14-32(26(34)31-25)24-13-22(33)23(39-24)15-38-40(35,36)37)8-7-16-11-20(18-5-1-3-9-28-18)30-21(12-16)19-6-2-4-10-29-19/h1-6,9-12,14,22-24,33H,13,15H2,(H2,27,31,34)(H2,35,36,37)/t22-,23+,24+/m0/s1. The van der Waals surface area contributed by atoms with Crippen LogP contribution in [-0.2, 0) is 13.8 Å². The average molecular weight is 562 g/mol. The second kappa shape index (κ2) is 11.4. The van der Waals surface area contributed by atoms with Crippen molar-refractivity contribution in [3.63, 3.8) is 0 Å². The number of rotatable bonds is 6. The molecule has 1 aliphatic rings. The Hall–Kier alpha value is -4.28. The summed E-state index contributed by atoms with van der Waals surface area (Å²) < 4.78 is 22.2. The molecule has 3 atom stereocenters. The van der Waals surface area contributed by atoms with Gasteiger partial charge in [0.1, 0.15) is 18.1 Å². The van der Waals surface area contributed by atoms with E-state index in [0.717, 1.165) is 4.57 Å². The van der Waals surface area contributed by atoms with Gasteiger partial charge in [0.25, 0.3) is 0 Å². The van der Waals surface area contributed by atoms with Crippen molar-refractivity contribution in [1.29, 1.82) is 0 Å². The molecule has 5 rings (SSSR count). The average Bonchev–Trinajstić information content (AvgIpc) is 3.32. The van der Waals surface area contributed by atoms with Crippen LogP contribution in [0.3, 0.4) is 0 Å². The highest BCUT2D eigenvalue weighted by Gasteiger charge is 2.37. The number of hydrogen-bond acceptors (Lipinski definition) is 10. The lowest BCUT2D eigenvalue weighted by Gasteiger charge is -2.16. The summed E-state index contributed by atoms with van der Waals surface area (Å²) in [7, 11) is -4.76. The van der Waals surface area contributed by atoms with Gasteiger partial charge in [0.15, 0.2) is 0 Å². The molecule has 0 bridgehead atoms. The molecule has 4 aromatic heterocycles. The zero-order chi connectivity index (χ0) is 28.3. The Labute approximate surface area is 227 Å². The number of ether oxygens (including phenoxy) is 1. The van der Waals surface area contributed by atoms with Crippen LogP contribution in [-0.4, -0.2) is 58.2 Å². The monoisotopic (exact) mass is 562 g/mol. The molecule has 5 N–H and O–H groups in total. The lowest BCUT2D eigenvalue weighted by molar-refractivity contribution is -0.0450. The van der Waals surface area contributed by atoms with Gasteiger partial charge in [-0.25, -0.2) is 14.3 Å². The molecule has 204 valence electrons. The predicted octanol–water partition coefficient (Wildman–Crippen LogP) is 1.50. The fraction of sp³-hybridized carbons (Fsp3) is 0.192. The minimum Gasteiger partial charge on any atom is -0.390 e. The molecule has 0 spiro atoms. The van der Waals surface area contributed by atoms with Crippen LogP contribution in [0, 0.1) is 11.8 Å². The summed E-state index contributed by atoms with van der Waals surface area (Å²) >= 11 is 0. The fourth-order valence-corrected chi connectivity index (χ4v) is 4.36. The van der Waals surface area contributed by atoms with Crippen LogP contribution < -0.4 is 11.4 Å². The number of aliphatic hydroxyl groups excluding tert-OH is 1. The molecule has 0 amide bonds. The van der Waals surface area contributed by atoms with Crippen LogP contribution >= 0.6 is 7.82 Å². The molecular weight excluding hydrogens is 539 g/mol. The summed E-state index contributed by atoms with van der Waals surface area (Å²) in [6, 6.07) is 14.5. The Morgan fingerprint density at radius 3 is 2.25 bits per heavy atom. The van der Waals surface area contributed by atoms with Gasteiger partial charge in [0.2, 0.25) is 0 Å². The van der Waals surface area contributed by atoms with Crippen LogP contribution in [0.2, 0.25) is 0 Å². The maximum atomic E-state index is 12.6. The Bertz CT molecular complexity index is 1630. The third kappa shape index (κ3) is 6.47. The van der Waals surface area contributed by atoms with E-state index >= 15 is 0 Å². The third-order valence-corrected chi connectivity index (χ3v) is 6.41. The van der Waals surface area contributed by atoms with Crippen molar-refractivity contribution in [3.8, 4) is 34.6 Å². The highest BCUT2D eigenvalue weighted by atomic mass is 31.2. The summed E-state index contributed by atoms with van der Waals surface area (Å²) in [5, 5.41) is 10.3. The van der Waals surface area contributed by atoms with Gasteiger partial charge in [-0.3, -0.25) is 19.1 Å². The molecule has 1 fully saturated rings. The zero-order valence-corrected chi connectivity index (χ0v) is 21.6. The molecule has 13 nitrogen and oxygen atoms in total. The van der Waals surface area contributed by atoms with Gasteiger partial charge in [0.05, 0.1) is 41.1 Å². The topological polar surface area (TPSA) is 196 Å². The summed E-state index contributed by atoms with van der Waals surface area (Å²) in [6.45, 7) is -0.564. The number of hydrogen-bond donors (Lipinski definition) is 4. The molecular formula is C26H23N6O7P. The van der Waals surface area contributed by atoms with E-state index < -0.39 is 38.6 Å². The van der Waals surface area contributed by atoms with Gasteiger partial charge in [-0.05, 0) is 36.4 Å². The molecule has 4 aromatic rings. The van der Waals surface area contributed by atoms with E-state index in [1.54, 1.807) is 36.7 Å². The normalized spacial score (nSPS) is 18.7. The second-order valence-corrected chi connectivity index (χ2v) is 9.99. The quantitative estimate of drug-likeness (QED) is 0.196. The number of anilines is 1. The first kappa shape index (κ1) is 27.3. The van der Waals surface area contributed by atoms with Gasteiger partial charge >= 0.3 is 13.5 Å². The lowest BCUT2D eigenvalue weighted by Crippen LogP contribution is -2.29. The number of aromatic nitrogens is 5. The van der Waals surface area contributed by atoms with Crippen molar-refractivity contribution in [2.24, 2.45) is 0 Å². The van der Waals surface area contributed by atoms with Crippen molar-refractivity contribution in [2.75, 3.05) is 12.3 Å². The van der Waals surface area contributed by atoms with E-state index in [4.69, 9.17) is 25.2 Å². The molecule has 1 aliphatic heterocycles. The number of nitrogen functional groups attached to an aromatic ring is 1. The highest BCUT2D eigenvalue weighted by molar-refractivity contribution is 7.46. The van der Waals surface area contributed by atoms with Crippen LogP contribution in [0.5, 0.6) is 0 Å². The molecule has 1 saturated heterocycles. The molecule has 0 radical (unpaired) electrons. The Balaban J connectivity index is 1.47. The van der Waals surface area contributed by atoms with Crippen LogP contribution in [0.25, 0.3) is 22.8 Å². The van der Waals surface area contributed by atoms with E-state index in [-0.39, 0.29) is 17.8 Å². The minimum atomic E-state index is -4.76. The maximum Gasteiger partial charge on any atom is 0.469 e. The number of phosphoric acid groups is 1. The van der Waals surface area contributed by atoms with Crippen molar-refractivity contribution in [1.82, 2.24) is 24.5 Å². The molecule has 0 unspecified atom stereocenters. The van der Waals surface area contributed by atoms with Crippen molar-refractivity contribution < 1.29 is 28.7 Å². The first-order valence-corrected chi connectivity index (χ1v) is 13.5. The molecule has 0 saturated carbocycles. The zero-order valence-electron chi connectivity index (χ0n) is 20.7. The van der Waals surface area contributed by atoms with E-state index in [1.807, 2.05) is 24.3 Å². The van der Waals surface area contributed by atoms with Gasteiger partial charge in [0, 0.05) is 30.6 Å². The summed E-state index contributed by atoms with van der Waals surface area (Å²) in [4.78, 5) is 47.7. The second-order valence-electron chi connectivity index (χ2n) is 8.75. The van der Waals surface area contributed by atoms with Gasteiger partial charge in [-0.15, -0.1) is 0 Å². The van der Waals surface area contributed by atoms with E-state index in [0.29, 0.717) is 28.3 Å². The first-order valence-electron chi connectivity index (χ1n) is 12.0. The summed E-state index contributed by atoms with van der Waals surface area (Å²) in [5.41, 5.74) is 8.51. The molecule has 5 heterocycles. The summed E-state index contributed by atoms with van der Waals surface area (Å²) in [5.74, 6) is 5.87. The van der Waals surface area contributed by atoms with Gasteiger partial charge in [-0.2, -0.15) is 4.98 Å². The van der Waals surface area contributed by atoms with E-state index in [1.165, 1.54) is 6.20 Å². The van der Waals surface area contributed by atoms with Crippen LogP contribution in [0.4, 0.5) is 5.82 Å². The van der Waals surface area contributed by atoms with Crippen molar-refractivity contribution >= 4 is 13.6 Å².